The lowest BCUT2D eigenvalue weighted by molar-refractivity contribution is -0.118. The van der Waals surface area contributed by atoms with Crippen LogP contribution < -0.4 is 20.3 Å². The molecule has 0 bridgehead atoms. The number of carbonyl (C=O) groups excluding carboxylic acids is 1. The van der Waals surface area contributed by atoms with Crippen LogP contribution in [0.25, 0.3) is 0 Å². The van der Waals surface area contributed by atoms with Crippen LogP contribution in [0.15, 0.2) is 48.7 Å². The maximum absolute atomic E-state index is 14.7. The molecule has 0 radical (unpaired) electrons. The van der Waals surface area contributed by atoms with Gasteiger partial charge in [0.1, 0.15) is 17.7 Å². The number of nitrogens with zero attached hydrogens (tertiary/aromatic N) is 3. The molecule has 2 N–H and O–H groups in total. The molecule has 5 rings (SSSR count). The minimum absolute atomic E-state index is 0.0255. The van der Waals surface area contributed by atoms with Crippen molar-refractivity contribution in [1.82, 2.24) is 9.97 Å². The first-order chi connectivity index (χ1) is 17.9. The number of anilines is 5. The van der Waals surface area contributed by atoms with E-state index in [-0.39, 0.29) is 23.1 Å². The monoisotopic (exact) mass is 525 g/mol. The first-order valence-electron chi connectivity index (χ1n) is 12.3. The second kappa shape index (κ2) is 10.5. The van der Waals surface area contributed by atoms with E-state index < -0.39 is 11.2 Å². The van der Waals surface area contributed by atoms with Crippen LogP contribution in [0, 0.1) is 5.82 Å². The highest BCUT2D eigenvalue weighted by Gasteiger charge is 2.49. The minimum atomic E-state index is -0.628. The number of ether oxygens (including phenoxy) is 2. The van der Waals surface area contributed by atoms with E-state index in [4.69, 9.17) is 21.1 Å². The second-order valence-corrected chi connectivity index (χ2v) is 10.0. The Morgan fingerprint density at radius 2 is 1.89 bits per heavy atom. The molecule has 0 saturated heterocycles. The molecule has 2 aromatic carbocycles. The van der Waals surface area contributed by atoms with Gasteiger partial charge in [0.15, 0.2) is 11.6 Å². The number of halogens is 2. The third kappa shape index (κ3) is 5.47. The molecule has 1 saturated carbocycles. The summed E-state index contributed by atoms with van der Waals surface area (Å²) >= 11 is 6.13. The highest BCUT2D eigenvalue weighted by molar-refractivity contribution is 6.32. The smallest absolute Gasteiger partial charge is 0.244 e. The molecule has 1 aliphatic carbocycles. The van der Waals surface area contributed by atoms with Crippen LogP contribution >= 0.6 is 11.6 Å². The van der Waals surface area contributed by atoms with E-state index in [2.05, 4.69) is 20.6 Å². The highest BCUT2D eigenvalue weighted by atomic mass is 35.5. The fraction of sp³-hybridized carbons (Fsp3) is 0.370. The zero-order valence-electron chi connectivity index (χ0n) is 20.8. The van der Waals surface area contributed by atoms with Crippen LogP contribution in [0.5, 0.6) is 5.75 Å². The lowest BCUT2D eigenvalue weighted by atomic mass is 9.86. The van der Waals surface area contributed by atoms with Gasteiger partial charge < -0.3 is 25.0 Å². The molecule has 3 aromatic rings. The predicted molar refractivity (Wildman–Crippen MR) is 142 cm³/mol. The van der Waals surface area contributed by atoms with Gasteiger partial charge >= 0.3 is 0 Å². The molecule has 2 heterocycles. The molecule has 1 spiro atoms. The largest absolute Gasteiger partial charge is 0.491 e. The first kappa shape index (κ1) is 25.2. The fourth-order valence-electron chi connectivity index (χ4n) is 4.63. The molecule has 2 aliphatic rings. The van der Waals surface area contributed by atoms with Crippen molar-refractivity contribution in [2.45, 2.75) is 37.0 Å². The summed E-state index contributed by atoms with van der Waals surface area (Å²) in [7, 11) is 1.62. The number of nitrogens with one attached hydrogen (secondary N) is 2. The summed E-state index contributed by atoms with van der Waals surface area (Å²) in [4.78, 5) is 22.9. The fourth-order valence-corrected chi connectivity index (χ4v) is 4.75. The number of fused-ring (bicyclic) bond motifs is 2. The zero-order valence-corrected chi connectivity index (χ0v) is 21.5. The molecule has 8 nitrogen and oxygen atoms in total. The molecule has 1 aliphatic heterocycles. The summed E-state index contributed by atoms with van der Waals surface area (Å²) in [5, 5.41) is 5.50. The molecular weight excluding hydrogens is 497 g/mol. The van der Waals surface area contributed by atoms with Gasteiger partial charge in [0.05, 0.1) is 12.8 Å². The Kier molecular flexibility index (Phi) is 7.17. The molecule has 10 heteroatoms. The normalized spacial score (nSPS) is 16.2. The van der Waals surface area contributed by atoms with E-state index in [0.717, 1.165) is 42.4 Å². The quantitative estimate of drug-likeness (QED) is 0.281. The molecule has 1 fully saturated rings. The van der Waals surface area contributed by atoms with Crippen molar-refractivity contribution in [3.63, 3.8) is 0 Å². The number of rotatable bonds is 9. The Balaban J connectivity index is 1.34. The Hall–Kier alpha value is -3.43. The maximum atomic E-state index is 14.7. The maximum Gasteiger partial charge on any atom is 0.244 e. The Morgan fingerprint density at radius 1 is 1.14 bits per heavy atom. The van der Waals surface area contributed by atoms with Crippen molar-refractivity contribution in [2.75, 3.05) is 42.4 Å². The number of hydrogen-bond acceptors (Lipinski definition) is 7. The van der Waals surface area contributed by atoms with Crippen LogP contribution in [0.3, 0.4) is 0 Å². The summed E-state index contributed by atoms with van der Waals surface area (Å²) in [6.45, 7) is 3.27. The Labute approximate surface area is 220 Å². The second-order valence-electron chi connectivity index (χ2n) is 9.37. The lowest BCUT2D eigenvalue weighted by Crippen LogP contribution is -2.41. The van der Waals surface area contributed by atoms with Gasteiger partial charge in [-0.05, 0) is 73.6 Å². The molecular formula is C27H29ClFN5O3. The number of hydrogen-bond donors (Lipinski definition) is 2. The lowest BCUT2D eigenvalue weighted by Gasteiger charge is -2.35. The Morgan fingerprint density at radius 3 is 2.59 bits per heavy atom. The summed E-state index contributed by atoms with van der Waals surface area (Å²) in [5.74, 6) is 0.245. The number of aromatic nitrogens is 2. The standard InChI is InChI=1S/C27H29ClFN5O3/c1-17(28)25(35)34-12-11-27(9-10-27)21-8-5-19(15-23(21)34)31-24-22(29)16-30-26(33-24)32-18-3-6-20(7-4-18)37-14-13-36-2/h3-8,15-17H,9-14H2,1-2H3,(H2,30,31,32,33). The minimum Gasteiger partial charge on any atom is -0.491 e. The van der Waals surface area contributed by atoms with Crippen molar-refractivity contribution < 1.29 is 18.7 Å². The van der Waals surface area contributed by atoms with Crippen LogP contribution in [-0.4, -0.2) is 48.1 Å². The van der Waals surface area contributed by atoms with Gasteiger partial charge in [-0.3, -0.25) is 4.79 Å². The van der Waals surface area contributed by atoms with Crippen molar-refractivity contribution in [1.29, 1.82) is 0 Å². The number of carbonyl (C=O) groups is 1. The van der Waals surface area contributed by atoms with Crippen molar-refractivity contribution >= 4 is 46.3 Å². The molecule has 1 unspecified atom stereocenters. The van der Waals surface area contributed by atoms with Crippen LogP contribution in [0.1, 0.15) is 31.7 Å². The van der Waals surface area contributed by atoms with E-state index in [0.29, 0.717) is 31.2 Å². The summed E-state index contributed by atoms with van der Waals surface area (Å²) in [5.41, 5.74) is 3.46. The van der Waals surface area contributed by atoms with E-state index >= 15 is 0 Å². The van der Waals surface area contributed by atoms with Crippen LogP contribution in [0.4, 0.5) is 33.2 Å². The molecule has 1 aromatic heterocycles. The number of methoxy groups -OCH3 is 1. The SMILES string of the molecule is COCCOc1ccc(Nc2ncc(F)c(Nc3ccc4c(c3)N(C(=O)C(C)Cl)CCC43CC3)n2)cc1. The van der Waals surface area contributed by atoms with Gasteiger partial charge in [-0.1, -0.05) is 6.07 Å². The summed E-state index contributed by atoms with van der Waals surface area (Å²) < 4.78 is 25.2. The van der Waals surface area contributed by atoms with Crippen molar-refractivity contribution in [3.05, 3.63) is 60.0 Å². The summed E-state index contributed by atoms with van der Waals surface area (Å²) in [6, 6.07) is 13.1. The van der Waals surface area contributed by atoms with Crippen molar-refractivity contribution in [3.8, 4) is 5.75 Å². The van der Waals surface area contributed by atoms with Gasteiger partial charge in [-0.15, -0.1) is 11.6 Å². The number of amides is 1. The van der Waals surface area contributed by atoms with Gasteiger partial charge in [-0.2, -0.15) is 4.98 Å². The van der Waals surface area contributed by atoms with Crippen LogP contribution in [-0.2, 0) is 14.9 Å². The van der Waals surface area contributed by atoms with E-state index in [1.165, 1.54) is 0 Å². The average Bonchev–Trinajstić information content (AvgIpc) is 3.67. The molecule has 37 heavy (non-hydrogen) atoms. The van der Waals surface area contributed by atoms with E-state index in [9.17, 15) is 9.18 Å². The van der Waals surface area contributed by atoms with Gasteiger partial charge in [0.25, 0.3) is 0 Å². The molecule has 1 amide bonds. The van der Waals surface area contributed by atoms with Crippen molar-refractivity contribution in [2.24, 2.45) is 0 Å². The van der Waals surface area contributed by atoms with E-state index in [1.807, 2.05) is 42.5 Å². The van der Waals surface area contributed by atoms with E-state index in [1.54, 1.807) is 18.9 Å². The van der Waals surface area contributed by atoms with Gasteiger partial charge in [0.2, 0.25) is 11.9 Å². The van der Waals surface area contributed by atoms with Gasteiger partial charge in [0, 0.05) is 30.7 Å². The third-order valence-electron chi connectivity index (χ3n) is 6.81. The zero-order chi connectivity index (χ0) is 26.0. The highest BCUT2D eigenvalue weighted by Crippen LogP contribution is 2.56. The van der Waals surface area contributed by atoms with Gasteiger partial charge in [-0.25, -0.2) is 9.37 Å². The molecule has 1 atom stereocenters. The summed E-state index contributed by atoms with van der Waals surface area (Å²) in [6.07, 6.45) is 4.27. The average molecular weight is 526 g/mol. The third-order valence-corrected chi connectivity index (χ3v) is 6.99. The predicted octanol–water partition coefficient (Wildman–Crippen LogP) is 5.52. The first-order valence-corrected chi connectivity index (χ1v) is 12.7. The van der Waals surface area contributed by atoms with Crippen LogP contribution in [0.2, 0.25) is 0 Å². The number of alkyl halides is 1. The topological polar surface area (TPSA) is 88.6 Å². The number of benzene rings is 2. The Bertz CT molecular complexity index is 1280. The molecule has 194 valence electrons.